The van der Waals surface area contributed by atoms with Gasteiger partial charge < -0.3 is 35.5 Å². The molecule has 3 heterocycles. The van der Waals surface area contributed by atoms with Gasteiger partial charge in [-0.15, -0.1) is 0 Å². The van der Waals surface area contributed by atoms with Crippen molar-refractivity contribution in [3.8, 4) is 5.75 Å². The van der Waals surface area contributed by atoms with Crippen LogP contribution in [0.15, 0.2) is 11.0 Å². The fourth-order valence-corrected chi connectivity index (χ4v) is 5.05. The highest BCUT2D eigenvalue weighted by molar-refractivity contribution is 6.03. The molecule has 1 aromatic heterocycles. The van der Waals surface area contributed by atoms with Gasteiger partial charge in [0.2, 0.25) is 5.43 Å². The number of carboxylic acid groups (broad SMARTS) is 1. The van der Waals surface area contributed by atoms with Gasteiger partial charge in [0.1, 0.15) is 16.9 Å². The highest BCUT2D eigenvalue weighted by Crippen LogP contribution is 2.48. The Morgan fingerprint density at radius 2 is 2.16 bits per heavy atom. The molecule has 3 aliphatic rings. The zero-order chi connectivity index (χ0) is 22.1. The molecule has 166 valence electrons. The number of pyridine rings is 1. The smallest absolute Gasteiger partial charge is 0.341 e. The average Bonchev–Trinajstić information content (AvgIpc) is 3.38. The van der Waals surface area contributed by atoms with Crippen molar-refractivity contribution >= 4 is 28.2 Å². The quantitative estimate of drug-likeness (QED) is 0.619. The van der Waals surface area contributed by atoms with Crippen LogP contribution in [0.4, 0.5) is 15.8 Å². The maximum atomic E-state index is 15.7. The lowest BCUT2D eigenvalue weighted by atomic mass is 9.95. The molecule has 31 heavy (non-hydrogen) atoms. The fraction of sp³-hybridized carbons (Fsp3) is 0.524. The van der Waals surface area contributed by atoms with Crippen LogP contribution in [0.1, 0.15) is 42.1 Å². The standard InChI is InChI=1S/C21H25FN4O5/c1-30-19-16-13(18(27)11(20(28)29)7-26(16)10-3-4-10)15(24)14(22)17(19)25-8-12(23)21(9-25)5-2-6-31-21/h7,10,12H,2-6,8-9,23-24H2,1H3,(H,28,29)/t12-,21-/m1/s1. The van der Waals surface area contributed by atoms with E-state index in [-0.39, 0.29) is 34.6 Å². The van der Waals surface area contributed by atoms with E-state index in [1.165, 1.54) is 13.3 Å². The number of hydrogen-bond donors (Lipinski definition) is 3. The molecule has 1 aliphatic carbocycles. The van der Waals surface area contributed by atoms with Crippen molar-refractivity contribution in [1.82, 2.24) is 4.57 Å². The predicted octanol–water partition coefficient (Wildman–Crippen LogP) is 1.46. The van der Waals surface area contributed by atoms with Crippen LogP contribution in [0, 0.1) is 5.82 Å². The van der Waals surface area contributed by atoms with Gasteiger partial charge in [-0.1, -0.05) is 0 Å². The summed E-state index contributed by atoms with van der Waals surface area (Å²) in [4.78, 5) is 26.4. The molecule has 9 nitrogen and oxygen atoms in total. The molecule has 2 saturated heterocycles. The van der Waals surface area contributed by atoms with Crippen molar-refractivity contribution in [2.75, 3.05) is 37.4 Å². The number of carbonyl (C=O) groups is 1. The summed E-state index contributed by atoms with van der Waals surface area (Å²) in [6, 6.07) is -0.311. The Balaban J connectivity index is 1.79. The molecule has 1 aromatic carbocycles. The molecule has 1 spiro atoms. The first-order valence-corrected chi connectivity index (χ1v) is 10.4. The van der Waals surface area contributed by atoms with E-state index in [4.69, 9.17) is 20.9 Å². The number of methoxy groups -OCH3 is 1. The zero-order valence-corrected chi connectivity index (χ0v) is 17.2. The fourth-order valence-electron chi connectivity index (χ4n) is 5.05. The first kappa shape index (κ1) is 20.1. The van der Waals surface area contributed by atoms with E-state index in [1.807, 2.05) is 0 Å². The van der Waals surface area contributed by atoms with Crippen LogP contribution in [-0.2, 0) is 4.74 Å². The van der Waals surface area contributed by atoms with Gasteiger partial charge >= 0.3 is 5.97 Å². The van der Waals surface area contributed by atoms with E-state index < -0.39 is 28.4 Å². The molecule has 0 unspecified atom stereocenters. The number of aromatic nitrogens is 1. The molecule has 0 amide bonds. The molecule has 3 fully saturated rings. The van der Waals surface area contributed by atoms with Crippen LogP contribution >= 0.6 is 0 Å². The van der Waals surface area contributed by atoms with Crippen LogP contribution < -0.4 is 26.5 Å². The van der Waals surface area contributed by atoms with E-state index >= 15 is 4.39 Å². The number of ether oxygens (including phenoxy) is 2. The van der Waals surface area contributed by atoms with Crippen LogP contribution in [0.3, 0.4) is 0 Å². The van der Waals surface area contributed by atoms with Crippen LogP contribution in [-0.4, -0.2) is 54.1 Å². The lowest BCUT2D eigenvalue weighted by Crippen LogP contribution is -2.46. The number of nitrogens with zero attached hydrogens (tertiary/aromatic N) is 2. The molecule has 5 N–H and O–H groups in total. The maximum Gasteiger partial charge on any atom is 0.341 e. The Morgan fingerprint density at radius 1 is 1.42 bits per heavy atom. The number of carboxylic acids is 1. The van der Waals surface area contributed by atoms with Gasteiger partial charge in [0, 0.05) is 31.9 Å². The summed E-state index contributed by atoms with van der Waals surface area (Å²) in [5, 5.41) is 9.33. The third-order valence-electron chi connectivity index (χ3n) is 6.75. The van der Waals surface area contributed by atoms with Crippen LogP contribution in [0.2, 0.25) is 0 Å². The lowest BCUT2D eigenvalue weighted by Gasteiger charge is -2.28. The summed E-state index contributed by atoms with van der Waals surface area (Å²) in [5.74, 6) is -2.03. The number of nitrogen functional groups attached to an aromatic ring is 1. The van der Waals surface area contributed by atoms with Gasteiger partial charge in [-0.3, -0.25) is 4.79 Å². The molecule has 5 rings (SSSR count). The van der Waals surface area contributed by atoms with E-state index in [0.29, 0.717) is 25.2 Å². The lowest BCUT2D eigenvalue weighted by molar-refractivity contribution is 0.0108. The van der Waals surface area contributed by atoms with E-state index in [1.54, 1.807) is 9.47 Å². The van der Waals surface area contributed by atoms with Crippen LogP contribution in [0.5, 0.6) is 5.75 Å². The summed E-state index contributed by atoms with van der Waals surface area (Å²) < 4.78 is 29.0. The minimum atomic E-state index is -1.38. The highest BCUT2D eigenvalue weighted by Gasteiger charge is 2.49. The van der Waals surface area contributed by atoms with Gasteiger partial charge in [0.25, 0.3) is 0 Å². The molecule has 2 atom stereocenters. The molecular formula is C21H25FN4O5. The Kier molecular flexibility index (Phi) is 4.42. The summed E-state index contributed by atoms with van der Waals surface area (Å²) in [5.41, 5.74) is 10.8. The minimum absolute atomic E-state index is 0.00171. The topological polar surface area (TPSA) is 133 Å². The van der Waals surface area contributed by atoms with Crippen molar-refractivity contribution in [2.24, 2.45) is 5.73 Å². The third-order valence-corrected chi connectivity index (χ3v) is 6.75. The first-order valence-electron chi connectivity index (χ1n) is 10.4. The molecule has 1 saturated carbocycles. The Bertz CT molecular complexity index is 1150. The molecule has 2 aliphatic heterocycles. The van der Waals surface area contributed by atoms with E-state index in [2.05, 4.69) is 0 Å². The SMILES string of the molecule is COc1c(N2C[C@@H](N)[C@@]3(CCCO3)C2)c(F)c(N)c2c(=O)c(C(=O)O)cn(C3CC3)c12. The summed E-state index contributed by atoms with van der Waals surface area (Å²) >= 11 is 0. The third kappa shape index (κ3) is 2.81. The Labute approximate surface area is 177 Å². The number of hydrogen-bond acceptors (Lipinski definition) is 7. The number of halogens is 1. The summed E-state index contributed by atoms with van der Waals surface area (Å²) in [7, 11) is 1.40. The molecule has 2 aromatic rings. The number of fused-ring (bicyclic) bond motifs is 1. The molecule has 0 radical (unpaired) electrons. The summed E-state index contributed by atoms with van der Waals surface area (Å²) in [6.07, 6.45) is 4.62. The Hall–Kier alpha value is -2.85. The predicted molar refractivity (Wildman–Crippen MR) is 112 cm³/mol. The van der Waals surface area contributed by atoms with Crippen molar-refractivity contribution < 1.29 is 23.8 Å². The summed E-state index contributed by atoms with van der Waals surface area (Å²) in [6.45, 7) is 1.34. The maximum absolute atomic E-state index is 15.7. The highest BCUT2D eigenvalue weighted by atomic mass is 19.1. The van der Waals surface area contributed by atoms with E-state index in [9.17, 15) is 14.7 Å². The number of nitrogens with two attached hydrogens (primary N) is 2. The van der Waals surface area contributed by atoms with Crippen molar-refractivity contribution in [3.05, 3.63) is 27.8 Å². The van der Waals surface area contributed by atoms with Crippen molar-refractivity contribution in [2.45, 2.75) is 43.4 Å². The second kappa shape index (κ2) is 6.83. The molecular weight excluding hydrogens is 407 g/mol. The monoisotopic (exact) mass is 432 g/mol. The Morgan fingerprint density at radius 3 is 2.74 bits per heavy atom. The number of anilines is 2. The van der Waals surface area contributed by atoms with Gasteiger partial charge in [0.05, 0.1) is 29.7 Å². The van der Waals surface area contributed by atoms with E-state index in [0.717, 1.165) is 25.7 Å². The van der Waals surface area contributed by atoms with Gasteiger partial charge in [-0.2, -0.15) is 0 Å². The van der Waals surface area contributed by atoms with Gasteiger partial charge in [0.15, 0.2) is 11.6 Å². The minimum Gasteiger partial charge on any atom is -0.492 e. The number of aromatic carboxylic acids is 1. The zero-order valence-electron chi connectivity index (χ0n) is 17.2. The van der Waals surface area contributed by atoms with Gasteiger partial charge in [-0.25, -0.2) is 9.18 Å². The van der Waals surface area contributed by atoms with Crippen molar-refractivity contribution in [3.63, 3.8) is 0 Å². The second-order valence-corrected chi connectivity index (χ2v) is 8.65. The largest absolute Gasteiger partial charge is 0.492 e. The first-order chi connectivity index (χ1) is 14.8. The van der Waals surface area contributed by atoms with Crippen molar-refractivity contribution in [1.29, 1.82) is 0 Å². The molecule has 0 bridgehead atoms. The average molecular weight is 432 g/mol. The number of rotatable bonds is 4. The van der Waals surface area contributed by atoms with Gasteiger partial charge in [-0.05, 0) is 25.7 Å². The normalized spacial score (nSPS) is 25.6. The van der Waals surface area contributed by atoms with Crippen LogP contribution in [0.25, 0.3) is 10.9 Å². The number of benzene rings is 1. The second-order valence-electron chi connectivity index (χ2n) is 8.65. The molecule has 10 heteroatoms.